The first-order valence-corrected chi connectivity index (χ1v) is 7.16. The van der Waals surface area contributed by atoms with Crippen LogP contribution >= 0.6 is 0 Å². The van der Waals surface area contributed by atoms with Crippen LogP contribution in [-0.4, -0.2) is 49.2 Å². The van der Waals surface area contributed by atoms with Gasteiger partial charge in [-0.3, -0.25) is 0 Å². The summed E-state index contributed by atoms with van der Waals surface area (Å²) in [4.78, 5) is 23.6. The summed E-state index contributed by atoms with van der Waals surface area (Å²) in [6.07, 6.45) is 0. The van der Waals surface area contributed by atoms with Crippen LogP contribution in [0.5, 0.6) is 0 Å². The number of esters is 1. The third kappa shape index (κ3) is 7.78. The van der Waals surface area contributed by atoms with Crippen LogP contribution in [0.4, 0.5) is 0 Å². The fourth-order valence-electron chi connectivity index (χ4n) is 1.56. The minimum absolute atomic E-state index is 0.257. The Bertz CT molecular complexity index is 597. The molecule has 0 saturated carbocycles. The van der Waals surface area contributed by atoms with Gasteiger partial charge >= 0.3 is 11.9 Å². The third-order valence-electron chi connectivity index (χ3n) is 2.80. The lowest BCUT2D eigenvalue weighted by atomic mass is 10.2. The summed E-state index contributed by atoms with van der Waals surface area (Å²) in [5.41, 5.74) is 0.934. The largest absolute Gasteiger partial charge is 0.478 e. The molecule has 5 heteroatoms. The predicted molar refractivity (Wildman–Crippen MR) is 88.7 cm³/mol. The molecule has 1 N–H and O–H groups in total. The van der Waals surface area contributed by atoms with Gasteiger partial charge in [-0.15, -0.1) is 0 Å². The number of rotatable bonds is 5. The molecule has 0 bridgehead atoms. The van der Waals surface area contributed by atoms with E-state index in [9.17, 15) is 9.59 Å². The second kappa shape index (κ2) is 10.1. The van der Waals surface area contributed by atoms with E-state index >= 15 is 0 Å². The average Bonchev–Trinajstić information content (AvgIpc) is 2.56. The molecular formula is C18H21NO4. The Balaban J connectivity index is 0.000000253. The molecule has 122 valence electrons. The van der Waals surface area contributed by atoms with E-state index in [1.54, 1.807) is 42.5 Å². The van der Waals surface area contributed by atoms with E-state index in [4.69, 9.17) is 9.84 Å². The van der Waals surface area contributed by atoms with Crippen LogP contribution in [0.15, 0.2) is 60.7 Å². The maximum absolute atomic E-state index is 11.4. The Kier molecular flexibility index (Phi) is 8.10. The van der Waals surface area contributed by atoms with Gasteiger partial charge < -0.3 is 14.7 Å². The fourth-order valence-corrected chi connectivity index (χ4v) is 1.56. The van der Waals surface area contributed by atoms with Crippen LogP contribution in [0, 0.1) is 0 Å². The van der Waals surface area contributed by atoms with Crippen LogP contribution in [-0.2, 0) is 4.74 Å². The van der Waals surface area contributed by atoms with Crippen molar-refractivity contribution in [2.75, 3.05) is 27.2 Å². The van der Waals surface area contributed by atoms with Gasteiger partial charge in [0.2, 0.25) is 0 Å². The van der Waals surface area contributed by atoms with Crippen molar-refractivity contribution in [3.05, 3.63) is 71.8 Å². The highest BCUT2D eigenvalue weighted by molar-refractivity contribution is 5.89. The molecule has 0 aromatic heterocycles. The predicted octanol–water partition coefficient (Wildman–Crippen LogP) is 2.79. The first-order chi connectivity index (χ1) is 11.0. The van der Waals surface area contributed by atoms with Crippen molar-refractivity contribution < 1.29 is 19.4 Å². The molecular weight excluding hydrogens is 294 g/mol. The Labute approximate surface area is 136 Å². The number of carboxylic acid groups (broad SMARTS) is 1. The lowest BCUT2D eigenvalue weighted by molar-refractivity contribution is 0.0481. The zero-order valence-corrected chi connectivity index (χ0v) is 13.3. The molecule has 0 saturated heterocycles. The summed E-state index contributed by atoms with van der Waals surface area (Å²) in [6.45, 7) is 1.18. The van der Waals surface area contributed by atoms with Crippen molar-refractivity contribution in [2.45, 2.75) is 0 Å². The number of benzene rings is 2. The van der Waals surface area contributed by atoms with Gasteiger partial charge in [-0.2, -0.15) is 0 Å². The standard InChI is InChI=1S/C11H15NO2.C7H6O2/c1-12(2)8-9-14-11(13)10-6-4-3-5-7-10;8-7(9)6-4-2-1-3-5-6/h3-7H,8-9H2,1-2H3;1-5H,(H,8,9). The van der Waals surface area contributed by atoms with Crippen molar-refractivity contribution in [1.82, 2.24) is 4.90 Å². The Morgan fingerprint density at radius 3 is 1.78 bits per heavy atom. The molecule has 0 radical (unpaired) electrons. The summed E-state index contributed by atoms with van der Waals surface area (Å²) >= 11 is 0. The second-order valence-corrected chi connectivity index (χ2v) is 4.98. The zero-order valence-electron chi connectivity index (χ0n) is 13.3. The van der Waals surface area contributed by atoms with E-state index in [1.807, 2.05) is 37.2 Å². The third-order valence-corrected chi connectivity index (χ3v) is 2.80. The van der Waals surface area contributed by atoms with Gasteiger partial charge in [-0.1, -0.05) is 36.4 Å². The highest BCUT2D eigenvalue weighted by atomic mass is 16.5. The summed E-state index contributed by atoms with van der Waals surface area (Å²) < 4.78 is 5.06. The van der Waals surface area contributed by atoms with Gasteiger partial charge in [0.1, 0.15) is 6.61 Å². The molecule has 0 spiro atoms. The van der Waals surface area contributed by atoms with Crippen molar-refractivity contribution in [3.63, 3.8) is 0 Å². The summed E-state index contributed by atoms with van der Waals surface area (Å²) in [5, 5.41) is 8.38. The minimum atomic E-state index is -0.879. The molecule has 23 heavy (non-hydrogen) atoms. The number of hydrogen-bond acceptors (Lipinski definition) is 4. The normalized spacial score (nSPS) is 9.70. The molecule has 2 aromatic rings. The molecule has 0 aliphatic rings. The highest BCUT2D eigenvalue weighted by Crippen LogP contribution is 2.00. The van der Waals surface area contributed by atoms with E-state index in [0.717, 1.165) is 6.54 Å². The van der Waals surface area contributed by atoms with Crippen molar-refractivity contribution in [2.24, 2.45) is 0 Å². The van der Waals surface area contributed by atoms with Crippen LogP contribution in [0.25, 0.3) is 0 Å². The molecule has 0 aliphatic carbocycles. The number of ether oxygens (including phenoxy) is 1. The van der Waals surface area contributed by atoms with Gasteiger partial charge in [0.25, 0.3) is 0 Å². The molecule has 2 rings (SSSR count). The van der Waals surface area contributed by atoms with E-state index in [0.29, 0.717) is 17.7 Å². The number of hydrogen-bond donors (Lipinski definition) is 1. The van der Waals surface area contributed by atoms with Gasteiger partial charge in [-0.25, -0.2) is 9.59 Å². The summed E-state index contributed by atoms with van der Waals surface area (Å²) in [6, 6.07) is 17.3. The number of likely N-dealkylation sites (N-methyl/N-ethyl adjacent to an activating group) is 1. The smallest absolute Gasteiger partial charge is 0.338 e. The maximum Gasteiger partial charge on any atom is 0.338 e. The molecule has 0 atom stereocenters. The lowest BCUT2D eigenvalue weighted by Crippen LogP contribution is -2.20. The monoisotopic (exact) mass is 315 g/mol. The number of carbonyl (C=O) groups excluding carboxylic acids is 1. The Hall–Kier alpha value is -2.66. The van der Waals surface area contributed by atoms with Gasteiger partial charge in [0, 0.05) is 6.54 Å². The Morgan fingerprint density at radius 2 is 1.39 bits per heavy atom. The number of carboxylic acids is 1. The van der Waals surface area contributed by atoms with E-state index in [-0.39, 0.29) is 5.97 Å². The van der Waals surface area contributed by atoms with Gasteiger partial charge in [0.05, 0.1) is 11.1 Å². The Morgan fingerprint density at radius 1 is 0.913 bits per heavy atom. The number of aromatic carboxylic acids is 1. The van der Waals surface area contributed by atoms with Crippen molar-refractivity contribution >= 4 is 11.9 Å². The minimum Gasteiger partial charge on any atom is -0.478 e. The first kappa shape index (κ1) is 18.4. The zero-order chi connectivity index (χ0) is 17.1. The van der Waals surface area contributed by atoms with E-state index < -0.39 is 5.97 Å². The number of nitrogens with zero attached hydrogens (tertiary/aromatic N) is 1. The molecule has 0 heterocycles. The molecule has 0 fully saturated rings. The quantitative estimate of drug-likeness (QED) is 0.859. The van der Waals surface area contributed by atoms with Crippen LogP contribution in [0.2, 0.25) is 0 Å². The molecule has 0 amide bonds. The van der Waals surface area contributed by atoms with Crippen LogP contribution in [0.3, 0.4) is 0 Å². The van der Waals surface area contributed by atoms with Crippen molar-refractivity contribution in [1.29, 1.82) is 0 Å². The maximum atomic E-state index is 11.4. The lowest BCUT2D eigenvalue weighted by Gasteiger charge is -2.09. The molecule has 5 nitrogen and oxygen atoms in total. The molecule has 2 aromatic carbocycles. The van der Waals surface area contributed by atoms with Crippen LogP contribution in [0.1, 0.15) is 20.7 Å². The second-order valence-electron chi connectivity index (χ2n) is 4.98. The topological polar surface area (TPSA) is 66.8 Å². The first-order valence-electron chi connectivity index (χ1n) is 7.16. The SMILES string of the molecule is CN(C)CCOC(=O)c1ccccc1.O=C(O)c1ccccc1. The highest BCUT2D eigenvalue weighted by Gasteiger charge is 2.04. The molecule has 0 aliphatic heterocycles. The molecule has 0 unspecified atom stereocenters. The van der Waals surface area contributed by atoms with E-state index in [1.165, 1.54) is 0 Å². The summed E-state index contributed by atoms with van der Waals surface area (Å²) in [7, 11) is 3.88. The van der Waals surface area contributed by atoms with Crippen molar-refractivity contribution in [3.8, 4) is 0 Å². The van der Waals surface area contributed by atoms with E-state index in [2.05, 4.69) is 0 Å². The average molecular weight is 315 g/mol. The van der Waals surface area contributed by atoms with Crippen LogP contribution < -0.4 is 0 Å². The number of carbonyl (C=O) groups is 2. The van der Waals surface area contributed by atoms with Gasteiger partial charge in [-0.05, 0) is 38.4 Å². The van der Waals surface area contributed by atoms with Gasteiger partial charge in [0.15, 0.2) is 0 Å². The summed E-state index contributed by atoms with van der Waals surface area (Å²) in [5.74, 6) is -1.14. The fraction of sp³-hybridized carbons (Fsp3) is 0.222.